The van der Waals surface area contributed by atoms with Crippen LogP contribution in [0.3, 0.4) is 0 Å². The van der Waals surface area contributed by atoms with Gasteiger partial charge in [0.15, 0.2) is 0 Å². The van der Waals surface area contributed by atoms with E-state index in [9.17, 15) is 4.79 Å². The zero-order valence-corrected chi connectivity index (χ0v) is 17.3. The number of methoxy groups -OCH3 is 1. The fourth-order valence-electron chi connectivity index (χ4n) is 4.67. The Balaban J connectivity index is 1.43. The fraction of sp³-hybridized carbons (Fsp3) is 0.458. The normalized spacial score (nSPS) is 20.6. The maximum absolute atomic E-state index is 12.1. The van der Waals surface area contributed by atoms with Crippen LogP contribution >= 0.6 is 0 Å². The number of ether oxygens (including phenoxy) is 2. The number of nitrogens with one attached hydrogen (secondary N) is 1. The molecule has 1 unspecified atom stereocenters. The van der Waals surface area contributed by atoms with Crippen molar-refractivity contribution in [2.24, 2.45) is 0 Å². The average Bonchev–Trinajstić information content (AvgIpc) is 2.76. The lowest BCUT2D eigenvalue weighted by molar-refractivity contribution is -0.121. The molecule has 5 heteroatoms. The molecule has 154 valence electrons. The van der Waals surface area contributed by atoms with Crippen molar-refractivity contribution in [2.75, 3.05) is 27.2 Å². The highest BCUT2D eigenvalue weighted by molar-refractivity contribution is 5.76. The number of para-hydroxylation sites is 1. The molecule has 1 fully saturated rings. The molecule has 0 aliphatic carbocycles. The summed E-state index contributed by atoms with van der Waals surface area (Å²) in [5, 5.41) is 2.78. The number of carbonyl (C=O) groups is 1. The van der Waals surface area contributed by atoms with Crippen molar-refractivity contribution in [1.82, 2.24) is 10.2 Å². The molecule has 1 saturated heterocycles. The maximum Gasteiger partial charge on any atom is 0.220 e. The van der Waals surface area contributed by atoms with Gasteiger partial charge in [-0.3, -0.25) is 9.69 Å². The highest BCUT2D eigenvalue weighted by Gasteiger charge is 2.43. The lowest BCUT2D eigenvalue weighted by Crippen LogP contribution is -2.50. The summed E-state index contributed by atoms with van der Waals surface area (Å²) in [6, 6.07) is 16.5. The molecule has 2 heterocycles. The molecule has 2 aliphatic heterocycles. The summed E-state index contributed by atoms with van der Waals surface area (Å²) in [5.41, 5.74) is 2.31. The van der Waals surface area contributed by atoms with E-state index in [-0.39, 0.29) is 17.4 Å². The van der Waals surface area contributed by atoms with Crippen molar-refractivity contribution in [3.8, 4) is 11.5 Å². The Morgan fingerprint density at radius 3 is 2.59 bits per heavy atom. The first-order chi connectivity index (χ1) is 14.1. The number of carbonyl (C=O) groups excluding carboxylic acids is 1. The van der Waals surface area contributed by atoms with E-state index in [2.05, 4.69) is 34.5 Å². The second-order valence-electron chi connectivity index (χ2n) is 8.23. The third-order valence-corrected chi connectivity index (χ3v) is 6.35. The summed E-state index contributed by atoms with van der Waals surface area (Å²) in [5.74, 6) is 2.16. The molecule has 29 heavy (non-hydrogen) atoms. The summed E-state index contributed by atoms with van der Waals surface area (Å²) in [7, 11) is 3.40. The number of benzene rings is 2. The average molecular weight is 395 g/mol. The van der Waals surface area contributed by atoms with Gasteiger partial charge in [0.05, 0.1) is 7.11 Å². The van der Waals surface area contributed by atoms with Crippen LogP contribution in [0, 0.1) is 0 Å². The van der Waals surface area contributed by atoms with Gasteiger partial charge in [0.1, 0.15) is 17.1 Å². The number of piperidine rings is 1. The molecule has 2 aliphatic rings. The number of nitrogens with zero attached hydrogens (tertiary/aromatic N) is 1. The second-order valence-corrected chi connectivity index (χ2v) is 8.23. The smallest absolute Gasteiger partial charge is 0.220 e. The Hall–Kier alpha value is -2.53. The van der Waals surface area contributed by atoms with Crippen LogP contribution in [-0.4, -0.2) is 43.7 Å². The van der Waals surface area contributed by atoms with Crippen molar-refractivity contribution in [2.45, 2.75) is 43.7 Å². The molecule has 0 saturated carbocycles. The monoisotopic (exact) mass is 394 g/mol. The highest BCUT2D eigenvalue weighted by atomic mass is 16.5. The Morgan fingerprint density at radius 1 is 1.17 bits per heavy atom. The van der Waals surface area contributed by atoms with Gasteiger partial charge in [-0.25, -0.2) is 0 Å². The lowest BCUT2D eigenvalue weighted by Gasteiger charge is -2.47. The van der Waals surface area contributed by atoms with E-state index in [4.69, 9.17) is 9.47 Å². The second kappa shape index (κ2) is 8.46. The molecule has 0 aromatic heterocycles. The van der Waals surface area contributed by atoms with E-state index in [0.717, 1.165) is 50.4 Å². The largest absolute Gasteiger partial charge is 0.497 e. The van der Waals surface area contributed by atoms with Crippen LogP contribution in [0.1, 0.15) is 42.7 Å². The van der Waals surface area contributed by atoms with Crippen molar-refractivity contribution in [3.05, 3.63) is 59.7 Å². The summed E-state index contributed by atoms with van der Waals surface area (Å²) in [4.78, 5) is 14.6. The van der Waals surface area contributed by atoms with Crippen LogP contribution in [0.15, 0.2) is 48.5 Å². The number of amides is 1. The van der Waals surface area contributed by atoms with E-state index in [1.807, 2.05) is 24.3 Å². The number of rotatable bonds is 5. The molecular formula is C24H30N2O3. The van der Waals surface area contributed by atoms with E-state index in [1.165, 1.54) is 11.1 Å². The lowest BCUT2D eigenvalue weighted by atomic mass is 9.76. The minimum atomic E-state index is -0.163. The Morgan fingerprint density at radius 2 is 1.90 bits per heavy atom. The number of likely N-dealkylation sites (tertiary alicyclic amines) is 1. The van der Waals surface area contributed by atoms with Crippen LogP contribution in [-0.2, 0) is 11.3 Å². The maximum atomic E-state index is 12.1. The molecule has 5 nitrogen and oxygen atoms in total. The van der Waals surface area contributed by atoms with Crippen LogP contribution < -0.4 is 14.8 Å². The summed E-state index contributed by atoms with van der Waals surface area (Å²) in [6.45, 7) is 2.94. The van der Waals surface area contributed by atoms with Gasteiger partial charge in [0, 0.05) is 39.0 Å². The Bertz CT molecular complexity index is 841. The van der Waals surface area contributed by atoms with Crippen molar-refractivity contribution in [1.29, 1.82) is 0 Å². The predicted molar refractivity (Wildman–Crippen MR) is 113 cm³/mol. The van der Waals surface area contributed by atoms with Crippen LogP contribution in [0.25, 0.3) is 0 Å². The summed E-state index contributed by atoms with van der Waals surface area (Å²) < 4.78 is 11.8. The van der Waals surface area contributed by atoms with Crippen LogP contribution in [0.4, 0.5) is 0 Å². The third kappa shape index (κ3) is 4.40. The van der Waals surface area contributed by atoms with Gasteiger partial charge >= 0.3 is 0 Å². The SMILES string of the molecule is CNC(=O)CC1CC2(CCN(Cc3ccc(OC)cc3)CC2)Oc2ccccc21. The molecule has 1 N–H and O–H groups in total. The van der Waals surface area contributed by atoms with E-state index >= 15 is 0 Å². The van der Waals surface area contributed by atoms with E-state index in [0.29, 0.717) is 6.42 Å². The molecule has 1 spiro atoms. The first kappa shape index (κ1) is 19.8. The fourth-order valence-corrected chi connectivity index (χ4v) is 4.67. The topological polar surface area (TPSA) is 50.8 Å². The van der Waals surface area contributed by atoms with Gasteiger partial charge in [-0.15, -0.1) is 0 Å². The first-order valence-corrected chi connectivity index (χ1v) is 10.4. The Kier molecular flexibility index (Phi) is 5.76. The third-order valence-electron chi connectivity index (χ3n) is 6.35. The summed E-state index contributed by atoms with van der Waals surface area (Å²) in [6.07, 6.45) is 3.41. The van der Waals surface area contributed by atoms with Crippen LogP contribution in [0.2, 0.25) is 0 Å². The molecule has 0 bridgehead atoms. The van der Waals surface area contributed by atoms with Crippen LogP contribution in [0.5, 0.6) is 11.5 Å². The molecule has 2 aromatic carbocycles. The first-order valence-electron chi connectivity index (χ1n) is 10.4. The van der Waals surface area contributed by atoms with Gasteiger partial charge in [-0.1, -0.05) is 30.3 Å². The van der Waals surface area contributed by atoms with Crippen molar-refractivity contribution < 1.29 is 14.3 Å². The molecule has 2 aromatic rings. The van der Waals surface area contributed by atoms with E-state index in [1.54, 1.807) is 14.2 Å². The van der Waals surface area contributed by atoms with Gasteiger partial charge in [-0.2, -0.15) is 0 Å². The molecule has 4 rings (SSSR count). The molecule has 0 radical (unpaired) electrons. The number of hydrogen-bond donors (Lipinski definition) is 1. The molecule has 1 atom stereocenters. The highest BCUT2D eigenvalue weighted by Crippen LogP contribution is 2.46. The standard InChI is InChI=1S/C24H30N2O3/c1-25-23(27)15-19-16-24(29-22-6-4-3-5-21(19)22)11-13-26(14-12-24)17-18-7-9-20(28-2)10-8-18/h3-10,19H,11-17H2,1-2H3,(H,25,27). The zero-order chi connectivity index (χ0) is 20.3. The quantitative estimate of drug-likeness (QED) is 0.840. The van der Waals surface area contributed by atoms with Crippen molar-refractivity contribution in [3.63, 3.8) is 0 Å². The van der Waals surface area contributed by atoms with Crippen molar-refractivity contribution >= 4 is 5.91 Å². The predicted octanol–water partition coefficient (Wildman–Crippen LogP) is 3.73. The number of hydrogen-bond acceptors (Lipinski definition) is 4. The van der Waals surface area contributed by atoms with Gasteiger partial charge in [0.25, 0.3) is 0 Å². The number of fused-ring (bicyclic) bond motifs is 1. The van der Waals surface area contributed by atoms with Gasteiger partial charge in [0.2, 0.25) is 5.91 Å². The minimum Gasteiger partial charge on any atom is -0.497 e. The molecule has 1 amide bonds. The van der Waals surface area contributed by atoms with Gasteiger partial charge in [-0.05, 0) is 48.6 Å². The summed E-state index contributed by atoms with van der Waals surface area (Å²) >= 11 is 0. The van der Waals surface area contributed by atoms with Gasteiger partial charge < -0.3 is 14.8 Å². The minimum absolute atomic E-state index is 0.0961. The van der Waals surface area contributed by atoms with E-state index < -0.39 is 0 Å². The zero-order valence-electron chi connectivity index (χ0n) is 17.3. The Labute approximate surface area is 173 Å². The molecular weight excluding hydrogens is 364 g/mol.